The SMILES string of the molecule is CN(C)C=Nc1sc2c(c1C#N)[C@@]1(CCC2)CCCc2c(-c3nc(OCC4(CN5CCC6(CC5)CCN(C(=O)OC(C)(C)C)CC6)CC4)cc(Oc4cncnc4)n3)noc21. The van der Waals surface area contributed by atoms with Crippen LogP contribution in [0.1, 0.15) is 112 Å². The molecular weight excluding hydrogens is 793 g/mol. The molecule has 0 radical (unpaired) electrons. The van der Waals surface area contributed by atoms with E-state index >= 15 is 0 Å². The molecular formula is C45H56N10O5S. The van der Waals surface area contributed by atoms with Crippen molar-refractivity contribution < 1.29 is 23.5 Å². The Morgan fingerprint density at radius 2 is 1.70 bits per heavy atom. The molecule has 4 aromatic heterocycles. The smallest absolute Gasteiger partial charge is 0.410 e. The fourth-order valence-corrected chi connectivity index (χ4v) is 11.2. The molecule has 3 aliphatic carbocycles. The zero-order valence-electron chi connectivity index (χ0n) is 36.0. The minimum atomic E-state index is -0.480. The second-order valence-electron chi connectivity index (χ2n) is 19.1. The van der Waals surface area contributed by atoms with E-state index in [9.17, 15) is 10.1 Å². The van der Waals surface area contributed by atoms with E-state index < -0.39 is 11.0 Å². The lowest BCUT2D eigenvalue weighted by Gasteiger charge is -2.47. The van der Waals surface area contributed by atoms with Crippen molar-refractivity contribution in [3.05, 3.63) is 52.1 Å². The summed E-state index contributed by atoms with van der Waals surface area (Å²) in [5, 5.41) is 15.9. The van der Waals surface area contributed by atoms with Gasteiger partial charge in [-0.2, -0.15) is 15.2 Å². The Bertz CT molecular complexity index is 2300. The van der Waals surface area contributed by atoms with Crippen molar-refractivity contribution in [1.29, 1.82) is 5.26 Å². The summed E-state index contributed by atoms with van der Waals surface area (Å²) in [6, 6.07) is 4.24. The highest BCUT2D eigenvalue weighted by Crippen LogP contribution is 2.56. The molecule has 2 aliphatic heterocycles. The zero-order chi connectivity index (χ0) is 42.4. The number of aliphatic imine (C=N–C) groups is 1. The summed E-state index contributed by atoms with van der Waals surface area (Å²) in [5.74, 6) is 2.32. The van der Waals surface area contributed by atoms with Crippen LogP contribution in [-0.4, -0.2) is 111 Å². The molecule has 0 unspecified atom stereocenters. The van der Waals surface area contributed by atoms with Crippen LogP contribution in [0.5, 0.6) is 17.5 Å². The van der Waals surface area contributed by atoms with E-state index in [1.54, 1.807) is 36.1 Å². The van der Waals surface area contributed by atoms with Crippen molar-refractivity contribution in [3.63, 3.8) is 0 Å². The Morgan fingerprint density at radius 3 is 2.39 bits per heavy atom. The summed E-state index contributed by atoms with van der Waals surface area (Å²) in [5.41, 5.74) is 2.62. The highest BCUT2D eigenvalue weighted by Gasteiger charge is 2.50. The Balaban J connectivity index is 0.924. The molecule has 1 saturated carbocycles. The van der Waals surface area contributed by atoms with Gasteiger partial charge in [0, 0.05) is 49.6 Å². The highest BCUT2D eigenvalue weighted by atomic mass is 32.1. The number of nitriles is 1. The van der Waals surface area contributed by atoms with Gasteiger partial charge in [0.1, 0.15) is 23.0 Å². The third kappa shape index (κ3) is 8.55. The molecule has 15 nitrogen and oxygen atoms in total. The number of hydrogen-bond donors (Lipinski definition) is 0. The summed E-state index contributed by atoms with van der Waals surface area (Å²) in [4.78, 5) is 43.0. The molecule has 4 aromatic rings. The van der Waals surface area contributed by atoms with Gasteiger partial charge in [0.25, 0.3) is 0 Å². The van der Waals surface area contributed by atoms with Gasteiger partial charge in [-0.3, -0.25) is 0 Å². The number of amides is 1. The van der Waals surface area contributed by atoms with Gasteiger partial charge in [-0.05, 0) is 122 Å². The normalized spacial score (nSPS) is 21.8. The van der Waals surface area contributed by atoms with E-state index in [1.807, 2.05) is 44.7 Å². The Labute approximate surface area is 361 Å². The van der Waals surface area contributed by atoms with Crippen molar-refractivity contribution in [3.8, 4) is 35.1 Å². The maximum absolute atomic E-state index is 12.7. The minimum absolute atomic E-state index is 0.0521. The average Bonchev–Trinajstić information content (AvgIpc) is 3.68. The quantitative estimate of drug-likeness (QED) is 0.111. The van der Waals surface area contributed by atoms with E-state index in [2.05, 4.69) is 26.1 Å². The number of aryl methyl sites for hydroxylation is 1. The molecule has 5 aliphatic rings. The molecule has 9 rings (SSSR count). The molecule has 6 heterocycles. The van der Waals surface area contributed by atoms with Gasteiger partial charge in [0.2, 0.25) is 11.8 Å². The predicted molar refractivity (Wildman–Crippen MR) is 229 cm³/mol. The lowest BCUT2D eigenvalue weighted by Crippen LogP contribution is -2.50. The van der Waals surface area contributed by atoms with Crippen molar-refractivity contribution in [1.82, 2.24) is 39.8 Å². The Morgan fingerprint density at radius 1 is 1.00 bits per heavy atom. The maximum Gasteiger partial charge on any atom is 0.410 e. The fourth-order valence-electron chi connectivity index (χ4n) is 9.93. The molecule has 61 heavy (non-hydrogen) atoms. The number of rotatable bonds is 10. The molecule has 0 bridgehead atoms. The number of thiophene rings is 1. The topological polar surface area (TPSA) is 168 Å². The predicted octanol–water partition coefficient (Wildman–Crippen LogP) is 8.10. The molecule has 2 spiro atoms. The first-order valence-corrected chi connectivity index (χ1v) is 22.6. The number of ether oxygens (including phenoxy) is 3. The van der Waals surface area contributed by atoms with Gasteiger partial charge >= 0.3 is 6.09 Å². The van der Waals surface area contributed by atoms with Gasteiger partial charge in [0.15, 0.2) is 23.0 Å². The molecule has 2 saturated heterocycles. The third-order valence-corrected chi connectivity index (χ3v) is 14.5. The average molecular weight is 849 g/mol. The number of carbonyl (C=O) groups is 1. The Kier molecular flexibility index (Phi) is 11.0. The molecule has 0 N–H and O–H groups in total. The first kappa shape index (κ1) is 41.2. The number of fused-ring (bicyclic) bond motifs is 4. The van der Waals surface area contributed by atoms with Crippen LogP contribution in [0.15, 0.2) is 34.3 Å². The van der Waals surface area contributed by atoms with E-state index in [4.69, 9.17) is 33.7 Å². The van der Waals surface area contributed by atoms with Crippen molar-refractivity contribution in [2.24, 2.45) is 15.8 Å². The first-order valence-electron chi connectivity index (χ1n) is 21.8. The van der Waals surface area contributed by atoms with Gasteiger partial charge in [-0.1, -0.05) is 5.16 Å². The van der Waals surface area contributed by atoms with E-state index in [1.165, 1.54) is 11.2 Å². The van der Waals surface area contributed by atoms with Crippen LogP contribution in [0.25, 0.3) is 11.5 Å². The van der Waals surface area contributed by atoms with E-state index in [-0.39, 0.29) is 11.5 Å². The van der Waals surface area contributed by atoms with Crippen molar-refractivity contribution >= 4 is 28.8 Å². The minimum Gasteiger partial charge on any atom is -0.477 e. The lowest BCUT2D eigenvalue weighted by molar-refractivity contribution is -0.00497. The molecule has 1 amide bonds. The molecule has 16 heteroatoms. The third-order valence-electron chi connectivity index (χ3n) is 13.3. The van der Waals surface area contributed by atoms with Crippen LogP contribution < -0.4 is 9.47 Å². The summed E-state index contributed by atoms with van der Waals surface area (Å²) in [6.07, 6.45) is 18.0. The van der Waals surface area contributed by atoms with Gasteiger partial charge in [-0.25, -0.2) is 19.8 Å². The zero-order valence-corrected chi connectivity index (χ0v) is 36.9. The molecule has 0 aromatic carbocycles. The lowest BCUT2D eigenvalue weighted by atomic mass is 9.63. The standard InChI is InChI=1S/C45H56N10O5S/c1-42(2,3)59-41(56)55-20-16-43(17-21-55)14-18-54(19-15-43)26-44(12-13-44)27-57-34-22-35(58-30-24-47-28-48-25-30)51-39(50-34)37-31-8-6-10-45(38(31)60-52-37)11-7-9-33-36(45)32(23-46)40(61-33)49-29-53(4)5/h22,24-25,28-29H,6-21,26-27H2,1-5H3/t45-/m0/s1. The van der Waals surface area contributed by atoms with Gasteiger partial charge in [-0.15, -0.1) is 11.3 Å². The number of nitrogens with zero attached hydrogens (tertiary/aromatic N) is 10. The van der Waals surface area contributed by atoms with Crippen LogP contribution in [0.2, 0.25) is 0 Å². The largest absolute Gasteiger partial charge is 0.477 e. The van der Waals surface area contributed by atoms with Crippen LogP contribution in [0.3, 0.4) is 0 Å². The molecule has 1 atom stereocenters. The fraction of sp³-hybridized carbons (Fsp3) is 0.600. The molecule has 3 fully saturated rings. The van der Waals surface area contributed by atoms with Crippen LogP contribution in [0.4, 0.5) is 9.80 Å². The monoisotopic (exact) mass is 848 g/mol. The molecule has 322 valence electrons. The van der Waals surface area contributed by atoms with Crippen LogP contribution in [-0.2, 0) is 23.0 Å². The summed E-state index contributed by atoms with van der Waals surface area (Å²) in [7, 11) is 3.85. The van der Waals surface area contributed by atoms with Gasteiger partial charge in [0.05, 0.1) is 42.4 Å². The number of hydrogen-bond acceptors (Lipinski definition) is 14. The highest BCUT2D eigenvalue weighted by molar-refractivity contribution is 7.16. The first-order chi connectivity index (χ1) is 29.4. The number of carbonyl (C=O) groups excluding carboxylic acids is 1. The van der Waals surface area contributed by atoms with E-state index in [0.717, 1.165) is 132 Å². The second kappa shape index (κ2) is 16.3. The Hall–Kier alpha value is -5.14. The van der Waals surface area contributed by atoms with Gasteiger partial charge < -0.3 is 33.4 Å². The number of aromatic nitrogens is 5. The van der Waals surface area contributed by atoms with Crippen molar-refractivity contribution in [2.75, 3.05) is 53.4 Å². The van der Waals surface area contributed by atoms with E-state index in [0.29, 0.717) is 46.6 Å². The summed E-state index contributed by atoms with van der Waals surface area (Å²) in [6.45, 7) is 10.9. The summed E-state index contributed by atoms with van der Waals surface area (Å²) >= 11 is 1.61. The second-order valence-corrected chi connectivity index (χ2v) is 20.2. The number of likely N-dealkylation sites (tertiary alicyclic amines) is 2. The summed E-state index contributed by atoms with van der Waals surface area (Å²) < 4.78 is 24.8. The van der Waals surface area contributed by atoms with Crippen molar-refractivity contribution in [2.45, 2.75) is 109 Å². The number of piperidine rings is 2. The van der Waals surface area contributed by atoms with Crippen LogP contribution in [0, 0.1) is 22.2 Å². The maximum atomic E-state index is 12.7. The van der Waals surface area contributed by atoms with Crippen LogP contribution >= 0.6 is 11.3 Å².